The zero-order chi connectivity index (χ0) is 18.8. The number of hydrogen-bond acceptors (Lipinski definition) is 2. The molecule has 1 unspecified atom stereocenters. The second-order valence-electron chi connectivity index (χ2n) is 6.99. The fraction of sp³-hybridized carbons (Fsp3) is 0.0385. The first-order valence-electron chi connectivity index (χ1n) is 9.53. The normalized spacial score (nSPS) is 15.2. The van der Waals surface area contributed by atoms with Crippen LogP contribution in [-0.4, -0.2) is 6.21 Å². The summed E-state index contributed by atoms with van der Waals surface area (Å²) in [5.74, 6) is 0.274. The first-order valence-corrected chi connectivity index (χ1v) is 9.53. The predicted octanol–water partition coefficient (Wildman–Crippen LogP) is 6.44. The number of nitrogens with zero attached hydrogens (tertiary/aromatic N) is 1. The largest absolute Gasteiger partial charge is 0.278 e. The summed E-state index contributed by atoms with van der Waals surface area (Å²) < 4.78 is 0. The van der Waals surface area contributed by atoms with Gasteiger partial charge in [0.25, 0.3) is 0 Å². The fourth-order valence-corrected chi connectivity index (χ4v) is 3.93. The minimum absolute atomic E-state index is 0.274. The van der Waals surface area contributed by atoms with Crippen LogP contribution < -0.4 is 5.43 Å². The van der Waals surface area contributed by atoms with Crippen molar-refractivity contribution >= 4 is 28.8 Å². The maximum Gasteiger partial charge on any atom is 0.0640 e. The molecule has 0 bridgehead atoms. The van der Waals surface area contributed by atoms with Crippen molar-refractivity contribution in [1.29, 1.82) is 0 Å². The number of fused-ring (bicyclic) bond motifs is 2. The summed E-state index contributed by atoms with van der Waals surface area (Å²) in [5, 5.41) is 6.92. The summed E-state index contributed by atoms with van der Waals surface area (Å²) in [7, 11) is 0. The summed E-state index contributed by atoms with van der Waals surface area (Å²) in [5.41, 5.74) is 9.28. The van der Waals surface area contributed by atoms with Crippen molar-refractivity contribution in [3.05, 3.63) is 119 Å². The number of benzene rings is 4. The second kappa shape index (κ2) is 7.16. The summed E-state index contributed by atoms with van der Waals surface area (Å²) in [6.07, 6.45) is 6.41. The maximum atomic E-state index is 4.55. The van der Waals surface area contributed by atoms with Crippen LogP contribution in [-0.2, 0) is 0 Å². The van der Waals surface area contributed by atoms with Gasteiger partial charge in [-0.2, -0.15) is 5.10 Å². The molecule has 4 aromatic carbocycles. The van der Waals surface area contributed by atoms with E-state index in [9.17, 15) is 0 Å². The van der Waals surface area contributed by atoms with E-state index in [-0.39, 0.29) is 5.92 Å². The van der Waals surface area contributed by atoms with Crippen LogP contribution in [0.2, 0.25) is 0 Å². The SMILES string of the molecule is C1=CC(c2ccccc2C=NNc2cccc3ccccc23)c2ccccc21. The highest BCUT2D eigenvalue weighted by atomic mass is 15.3. The lowest BCUT2D eigenvalue weighted by molar-refractivity contribution is 1.05. The van der Waals surface area contributed by atoms with Gasteiger partial charge in [-0.1, -0.05) is 97.1 Å². The van der Waals surface area contributed by atoms with Crippen LogP contribution in [0.25, 0.3) is 16.8 Å². The number of anilines is 1. The Hall–Kier alpha value is -3.65. The van der Waals surface area contributed by atoms with E-state index >= 15 is 0 Å². The van der Waals surface area contributed by atoms with Gasteiger partial charge in [0, 0.05) is 11.3 Å². The number of hydrogen-bond donors (Lipinski definition) is 1. The lowest BCUT2D eigenvalue weighted by Gasteiger charge is -2.14. The quantitative estimate of drug-likeness (QED) is 0.328. The lowest BCUT2D eigenvalue weighted by Crippen LogP contribution is -2.01. The van der Waals surface area contributed by atoms with E-state index in [2.05, 4.69) is 108 Å². The average Bonchev–Trinajstić information content (AvgIpc) is 3.18. The predicted molar refractivity (Wildman–Crippen MR) is 119 cm³/mol. The van der Waals surface area contributed by atoms with Gasteiger partial charge in [0.2, 0.25) is 0 Å². The molecule has 0 aromatic heterocycles. The van der Waals surface area contributed by atoms with Crippen molar-refractivity contribution in [1.82, 2.24) is 0 Å². The first kappa shape index (κ1) is 16.5. The fourth-order valence-electron chi connectivity index (χ4n) is 3.93. The molecule has 2 nitrogen and oxygen atoms in total. The van der Waals surface area contributed by atoms with Gasteiger partial charge in [-0.3, -0.25) is 5.43 Å². The number of hydrazone groups is 1. The Labute approximate surface area is 164 Å². The Bertz CT molecular complexity index is 1200. The van der Waals surface area contributed by atoms with Gasteiger partial charge in [0.15, 0.2) is 0 Å². The van der Waals surface area contributed by atoms with Crippen molar-refractivity contribution in [2.75, 3.05) is 5.43 Å². The van der Waals surface area contributed by atoms with Gasteiger partial charge in [-0.15, -0.1) is 0 Å². The van der Waals surface area contributed by atoms with Gasteiger partial charge in [0.05, 0.1) is 11.9 Å². The molecule has 0 aliphatic heterocycles. The van der Waals surface area contributed by atoms with E-state index in [1.165, 1.54) is 27.5 Å². The van der Waals surface area contributed by atoms with E-state index in [0.29, 0.717) is 0 Å². The van der Waals surface area contributed by atoms with E-state index in [4.69, 9.17) is 0 Å². The maximum absolute atomic E-state index is 4.55. The van der Waals surface area contributed by atoms with Crippen molar-refractivity contribution in [3.63, 3.8) is 0 Å². The summed E-state index contributed by atoms with van der Waals surface area (Å²) in [6.45, 7) is 0. The number of nitrogens with one attached hydrogen (secondary N) is 1. The molecule has 5 rings (SSSR count). The topological polar surface area (TPSA) is 24.4 Å². The molecular weight excluding hydrogens is 340 g/mol. The van der Waals surface area contributed by atoms with E-state index < -0.39 is 0 Å². The van der Waals surface area contributed by atoms with E-state index in [1.807, 2.05) is 12.3 Å². The Morgan fingerprint density at radius 1 is 0.714 bits per heavy atom. The van der Waals surface area contributed by atoms with Crippen LogP contribution in [0, 0.1) is 0 Å². The van der Waals surface area contributed by atoms with Crippen LogP contribution in [0.5, 0.6) is 0 Å². The minimum atomic E-state index is 0.274. The van der Waals surface area contributed by atoms with Crippen molar-refractivity contribution in [2.24, 2.45) is 5.10 Å². The molecule has 134 valence electrons. The molecule has 28 heavy (non-hydrogen) atoms. The zero-order valence-electron chi connectivity index (χ0n) is 15.4. The van der Waals surface area contributed by atoms with Gasteiger partial charge in [-0.25, -0.2) is 0 Å². The van der Waals surface area contributed by atoms with Crippen LogP contribution >= 0.6 is 0 Å². The smallest absolute Gasteiger partial charge is 0.0640 e. The molecule has 1 aliphatic carbocycles. The van der Waals surface area contributed by atoms with E-state index in [0.717, 1.165) is 11.3 Å². The first-order chi connectivity index (χ1) is 13.9. The standard InChI is InChI=1S/C26H20N2/c1-4-12-22-20(9-1)16-17-25(22)23-13-5-3-10-21(23)18-27-28-26-15-7-11-19-8-2-6-14-24(19)26/h1-18,25,28H. The third kappa shape index (κ3) is 2.99. The molecule has 4 aromatic rings. The Kier molecular flexibility index (Phi) is 4.23. The van der Waals surface area contributed by atoms with Crippen LogP contribution in [0.4, 0.5) is 5.69 Å². The molecule has 0 saturated heterocycles. The second-order valence-corrected chi connectivity index (χ2v) is 6.99. The Morgan fingerprint density at radius 2 is 1.46 bits per heavy atom. The van der Waals surface area contributed by atoms with Crippen molar-refractivity contribution < 1.29 is 0 Å². The zero-order valence-corrected chi connectivity index (χ0v) is 15.4. The van der Waals surface area contributed by atoms with E-state index in [1.54, 1.807) is 0 Å². The molecule has 1 N–H and O–H groups in total. The summed E-state index contributed by atoms with van der Waals surface area (Å²) in [6, 6.07) is 31.6. The molecular formula is C26H20N2. The molecule has 1 aliphatic rings. The highest BCUT2D eigenvalue weighted by Gasteiger charge is 2.20. The highest BCUT2D eigenvalue weighted by molar-refractivity contribution is 5.94. The molecule has 0 fully saturated rings. The molecule has 1 atom stereocenters. The molecule has 0 spiro atoms. The minimum Gasteiger partial charge on any atom is -0.278 e. The molecule has 0 radical (unpaired) electrons. The summed E-state index contributed by atoms with van der Waals surface area (Å²) in [4.78, 5) is 0. The van der Waals surface area contributed by atoms with Crippen LogP contribution in [0.1, 0.15) is 28.2 Å². The van der Waals surface area contributed by atoms with Gasteiger partial charge in [0.1, 0.15) is 0 Å². The van der Waals surface area contributed by atoms with Crippen molar-refractivity contribution in [2.45, 2.75) is 5.92 Å². The third-order valence-corrected chi connectivity index (χ3v) is 5.31. The van der Waals surface area contributed by atoms with Gasteiger partial charge < -0.3 is 0 Å². The Morgan fingerprint density at radius 3 is 2.43 bits per heavy atom. The van der Waals surface area contributed by atoms with Gasteiger partial charge in [-0.05, 0) is 33.7 Å². The van der Waals surface area contributed by atoms with Crippen LogP contribution in [0.3, 0.4) is 0 Å². The third-order valence-electron chi connectivity index (χ3n) is 5.31. The molecule has 0 amide bonds. The van der Waals surface area contributed by atoms with Crippen molar-refractivity contribution in [3.8, 4) is 0 Å². The molecule has 0 saturated carbocycles. The monoisotopic (exact) mass is 360 g/mol. The number of allylic oxidation sites excluding steroid dienone is 1. The molecule has 0 heterocycles. The summed E-state index contributed by atoms with van der Waals surface area (Å²) >= 11 is 0. The lowest BCUT2D eigenvalue weighted by atomic mass is 9.90. The van der Waals surface area contributed by atoms with Gasteiger partial charge >= 0.3 is 0 Å². The average molecular weight is 360 g/mol. The molecule has 2 heteroatoms. The number of rotatable bonds is 4. The highest BCUT2D eigenvalue weighted by Crippen LogP contribution is 2.36. The van der Waals surface area contributed by atoms with Crippen LogP contribution in [0.15, 0.2) is 102 Å². The Balaban J connectivity index is 1.45.